The lowest BCUT2D eigenvalue weighted by molar-refractivity contribution is -0.115. The minimum absolute atomic E-state index is 0.0284. The van der Waals surface area contributed by atoms with Gasteiger partial charge in [-0.3, -0.25) is 4.79 Å². The fraction of sp³-hybridized carbons (Fsp3) is 0.188. The summed E-state index contributed by atoms with van der Waals surface area (Å²) in [5, 5.41) is 7.12. The number of anilines is 1. The Balaban J connectivity index is 1.88. The maximum atomic E-state index is 11.9. The van der Waals surface area contributed by atoms with E-state index in [4.69, 9.17) is 23.2 Å². The summed E-state index contributed by atoms with van der Waals surface area (Å²) in [7, 11) is 0. The molecule has 5 heteroatoms. The van der Waals surface area contributed by atoms with Gasteiger partial charge in [0.1, 0.15) is 0 Å². The molecule has 0 aliphatic heterocycles. The second-order valence-electron chi connectivity index (χ2n) is 4.69. The number of carbonyl (C=O) groups is 1. The van der Waals surface area contributed by atoms with E-state index in [-0.39, 0.29) is 18.5 Å². The molecule has 0 saturated carbocycles. The van der Waals surface area contributed by atoms with Crippen LogP contribution in [0.2, 0.25) is 10.0 Å². The lowest BCUT2D eigenvalue weighted by atomic mass is 10.1. The predicted octanol–water partition coefficient (Wildman–Crippen LogP) is 4.28. The van der Waals surface area contributed by atoms with E-state index in [0.29, 0.717) is 15.7 Å². The van der Waals surface area contributed by atoms with Gasteiger partial charge in [-0.05, 0) is 36.8 Å². The molecular weight excluding hydrogens is 307 g/mol. The first-order valence-electron chi connectivity index (χ1n) is 6.59. The van der Waals surface area contributed by atoms with E-state index in [1.54, 1.807) is 12.1 Å². The molecule has 2 N–H and O–H groups in total. The molecule has 3 nitrogen and oxygen atoms in total. The molecule has 1 atom stereocenters. The predicted molar refractivity (Wildman–Crippen MR) is 88.0 cm³/mol. The van der Waals surface area contributed by atoms with Gasteiger partial charge in [0.25, 0.3) is 0 Å². The molecule has 21 heavy (non-hydrogen) atoms. The Bertz CT molecular complexity index is 631. The second kappa shape index (κ2) is 7.46. The Labute approximate surface area is 134 Å². The van der Waals surface area contributed by atoms with Crippen LogP contribution in [0.1, 0.15) is 18.5 Å². The third-order valence-electron chi connectivity index (χ3n) is 3.07. The van der Waals surface area contributed by atoms with Gasteiger partial charge in [0.05, 0.1) is 17.3 Å². The number of rotatable bonds is 5. The Kier molecular flexibility index (Phi) is 5.62. The zero-order valence-corrected chi connectivity index (χ0v) is 13.1. The van der Waals surface area contributed by atoms with Gasteiger partial charge in [-0.25, -0.2) is 0 Å². The van der Waals surface area contributed by atoms with Crippen molar-refractivity contribution in [2.75, 3.05) is 11.9 Å². The molecule has 0 aliphatic carbocycles. The first-order chi connectivity index (χ1) is 10.1. The fourth-order valence-corrected chi connectivity index (χ4v) is 2.28. The van der Waals surface area contributed by atoms with Crippen LogP contribution in [0, 0.1) is 0 Å². The second-order valence-corrected chi connectivity index (χ2v) is 5.53. The van der Waals surface area contributed by atoms with Crippen LogP contribution in [-0.4, -0.2) is 12.5 Å². The average molecular weight is 323 g/mol. The van der Waals surface area contributed by atoms with Gasteiger partial charge >= 0.3 is 0 Å². The molecule has 2 aromatic rings. The SMILES string of the molecule is CC(NCC(=O)Nc1ccccc1Cl)c1cccc(Cl)c1. The van der Waals surface area contributed by atoms with Crippen molar-refractivity contribution in [1.82, 2.24) is 5.32 Å². The maximum absolute atomic E-state index is 11.9. The third-order valence-corrected chi connectivity index (χ3v) is 3.63. The van der Waals surface area contributed by atoms with Crippen LogP contribution in [0.5, 0.6) is 0 Å². The van der Waals surface area contributed by atoms with Crippen molar-refractivity contribution in [3.63, 3.8) is 0 Å². The molecule has 0 fully saturated rings. The van der Waals surface area contributed by atoms with E-state index in [9.17, 15) is 4.79 Å². The van der Waals surface area contributed by atoms with Crippen molar-refractivity contribution in [2.24, 2.45) is 0 Å². The summed E-state index contributed by atoms with van der Waals surface area (Å²) in [6.45, 7) is 2.17. The first kappa shape index (κ1) is 15.8. The largest absolute Gasteiger partial charge is 0.324 e. The van der Waals surface area contributed by atoms with E-state index in [1.165, 1.54) is 0 Å². The molecule has 0 heterocycles. The number of hydrogen-bond donors (Lipinski definition) is 2. The van der Waals surface area contributed by atoms with Crippen LogP contribution in [-0.2, 0) is 4.79 Å². The highest BCUT2D eigenvalue weighted by molar-refractivity contribution is 6.33. The minimum Gasteiger partial charge on any atom is -0.324 e. The van der Waals surface area contributed by atoms with E-state index < -0.39 is 0 Å². The maximum Gasteiger partial charge on any atom is 0.238 e. The van der Waals surface area contributed by atoms with Crippen molar-refractivity contribution in [3.8, 4) is 0 Å². The van der Waals surface area contributed by atoms with Crippen LogP contribution < -0.4 is 10.6 Å². The van der Waals surface area contributed by atoms with Crippen molar-refractivity contribution < 1.29 is 4.79 Å². The number of para-hydroxylation sites is 1. The molecule has 0 aliphatic rings. The van der Waals surface area contributed by atoms with Gasteiger partial charge in [-0.2, -0.15) is 0 Å². The minimum atomic E-state index is -0.142. The number of carbonyl (C=O) groups excluding carboxylic acids is 1. The molecular formula is C16H16Cl2N2O. The summed E-state index contributed by atoms with van der Waals surface area (Å²) in [6, 6.07) is 14.7. The summed E-state index contributed by atoms with van der Waals surface area (Å²) >= 11 is 11.9. The highest BCUT2D eigenvalue weighted by Gasteiger charge is 2.09. The van der Waals surface area contributed by atoms with Crippen molar-refractivity contribution in [2.45, 2.75) is 13.0 Å². The molecule has 110 valence electrons. The highest BCUT2D eigenvalue weighted by Crippen LogP contribution is 2.20. The van der Waals surface area contributed by atoms with Crippen molar-refractivity contribution >= 4 is 34.8 Å². The zero-order chi connectivity index (χ0) is 15.2. The molecule has 1 amide bonds. The molecule has 0 saturated heterocycles. The number of nitrogens with one attached hydrogen (secondary N) is 2. The van der Waals surface area contributed by atoms with Gasteiger partial charge in [0.15, 0.2) is 0 Å². The van der Waals surface area contributed by atoms with Crippen molar-refractivity contribution in [3.05, 3.63) is 64.1 Å². The molecule has 1 unspecified atom stereocenters. The summed E-state index contributed by atoms with van der Waals surface area (Å²) < 4.78 is 0. The molecule has 2 rings (SSSR count). The van der Waals surface area contributed by atoms with E-state index in [0.717, 1.165) is 5.56 Å². The summed E-state index contributed by atoms with van der Waals surface area (Å²) in [5.74, 6) is -0.142. The van der Waals surface area contributed by atoms with Gasteiger partial charge in [-0.1, -0.05) is 47.5 Å². The number of halogens is 2. The van der Waals surface area contributed by atoms with Crippen LogP contribution >= 0.6 is 23.2 Å². The van der Waals surface area contributed by atoms with Gasteiger partial charge < -0.3 is 10.6 Å². The third kappa shape index (κ3) is 4.74. The van der Waals surface area contributed by atoms with E-state index in [1.807, 2.05) is 43.3 Å². The molecule has 0 radical (unpaired) electrons. The standard InChI is InChI=1S/C16H16Cl2N2O/c1-11(12-5-4-6-13(17)9-12)19-10-16(21)20-15-8-3-2-7-14(15)18/h2-9,11,19H,10H2,1H3,(H,20,21). The monoisotopic (exact) mass is 322 g/mol. The van der Waals surface area contributed by atoms with Gasteiger partial charge in [-0.15, -0.1) is 0 Å². The summed E-state index contributed by atoms with van der Waals surface area (Å²) in [4.78, 5) is 11.9. The first-order valence-corrected chi connectivity index (χ1v) is 7.35. The number of amides is 1. The van der Waals surface area contributed by atoms with Gasteiger partial charge in [0, 0.05) is 11.1 Å². The molecule has 0 bridgehead atoms. The number of benzene rings is 2. The average Bonchev–Trinajstić information content (AvgIpc) is 2.47. The quantitative estimate of drug-likeness (QED) is 0.862. The van der Waals surface area contributed by atoms with E-state index >= 15 is 0 Å². The normalized spacial score (nSPS) is 12.0. The van der Waals surface area contributed by atoms with E-state index in [2.05, 4.69) is 10.6 Å². The highest BCUT2D eigenvalue weighted by atomic mass is 35.5. The zero-order valence-electron chi connectivity index (χ0n) is 11.6. The van der Waals surface area contributed by atoms with Crippen LogP contribution in [0.15, 0.2) is 48.5 Å². The lowest BCUT2D eigenvalue weighted by Crippen LogP contribution is -2.30. The molecule has 0 spiro atoms. The van der Waals surface area contributed by atoms with Crippen molar-refractivity contribution in [1.29, 1.82) is 0 Å². The summed E-state index contributed by atoms with van der Waals surface area (Å²) in [6.07, 6.45) is 0. The van der Waals surface area contributed by atoms with Crippen LogP contribution in [0.25, 0.3) is 0 Å². The molecule has 0 aromatic heterocycles. The Morgan fingerprint density at radius 1 is 1.14 bits per heavy atom. The van der Waals surface area contributed by atoms with Gasteiger partial charge in [0.2, 0.25) is 5.91 Å². The Hall–Kier alpha value is -1.55. The smallest absolute Gasteiger partial charge is 0.238 e. The Morgan fingerprint density at radius 2 is 1.90 bits per heavy atom. The molecule has 2 aromatic carbocycles. The van der Waals surface area contributed by atoms with Crippen LogP contribution in [0.3, 0.4) is 0 Å². The fourth-order valence-electron chi connectivity index (χ4n) is 1.90. The number of hydrogen-bond acceptors (Lipinski definition) is 2. The lowest BCUT2D eigenvalue weighted by Gasteiger charge is -2.14. The summed E-state index contributed by atoms with van der Waals surface area (Å²) in [5.41, 5.74) is 1.65. The topological polar surface area (TPSA) is 41.1 Å². The van der Waals surface area contributed by atoms with Crippen LogP contribution in [0.4, 0.5) is 5.69 Å². The Morgan fingerprint density at radius 3 is 2.62 bits per heavy atom.